The second-order valence-electron chi connectivity index (χ2n) is 4.99. The Kier molecular flexibility index (Phi) is 4.57. The van der Waals surface area contributed by atoms with Crippen LogP contribution in [-0.4, -0.2) is 21.8 Å². The number of nitrogens with two attached hydrogens (primary N) is 1. The van der Waals surface area contributed by atoms with Crippen molar-refractivity contribution >= 4 is 26.7 Å². The van der Waals surface area contributed by atoms with Crippen LogP contribution in [0.15, 0.2) is 33.7 Å². The summed E-state index contributed by atoms with van der Waals surface area (Å²) >= 11 is 3.09. The Balaban J connectivity index is 2.39. The van der Waals surface area contributed by atoms with E-state index in [2.05, 4.69) is 15.9 Å². The van der Waals surface area contributed by atoms with Crippen molar-refractivity contribution < 1.29 is 9.50 Å². The SMILES string of the molecule is C[C@H](N)CC(O)Cn1ccc2cc(Br)c(F)cc2c1=O. The summed E-state index contributed by atoms with van der Waals surface area (Å²) in [4.78, 5) is 12.3. The van der Waals surface area contributed by atoms with Crippen LogP contribution in [0, 0.1) is 5.82 Å². The first-order valence-corrected chi connectivity index (χ1v) is 7.09. The highest BCUT2D eigenvalue weighted by atomic mass is 79.9. The molecule has 1 heterocycles. The second-order valence-corrected chi connectivity index (χ2v) is 5.85. The summed E-state index contributed by atoms with van der Waals surface area (Å²) in [6, 6.07) is 4.35. The molecular weight excluding hydrogens is 327 g/mol. The van der Waals surface area contributed by atoms with E-state index in [0.717, 1.165) is 0 Å². The number of aliphatic hydroxyl groups is 1. The highest BCUT2D eigenvalue weighted by Gasteiger charge is 2.11. The van der Waals surface area contributed by atoms with E-state index in [1.165, 1.54) is 10.6 Å². The van der Waals surface area contributed by atoms with Crippen molar-refractivity contribution in [3.05, 3.63) is 45.0 Å². The molecule has 0 bridgehead atoms. The monoisotopic (exact) mass is 342 g/mol. The Morgan fingerprint density at radius 1 is 1.50 bits per heavy atom. The molecule has 0 aliphatic carbocycles. The number of fused-ring (bicyclic) bond motifs is 1. The van der Waals surface area contributed by atoms with E-state index in [1.807, 2.05) is 0 Å². The summed E-state index contributed by atoms with van der Waals surface area (Å²) in [5, 5.41) is 10.8. The van der Waals surface area contributed by atoms with Crippen LogP contribution in [0.1, 0.15) is 13.3 Å². The van der Waals surface area contributed by atoms with E-state index in [-0.39, 0.29) is 18.1 Å². The summed E-state index contributed by atoms with van der Waals surface area (Å²) < 4.78 is 15.2. The van der Waals surface area contributed by atoms with Crippen LogP contribution in [0.2, 0.25) is 0 Å². The number of nitrogens with zero attached hydrogens (tertiary/aromatic N) is 1. The molecule has 0 radical (unpaired) electrons. The third-order valence-electron chi connectivity index (χ3n) is 3.07. The number of hydrogen-bond acceptors (Lipinski definition) is 3. The Morgan fingerprint density at radius 2 is 2.20 bits per heavy atom. The van der Waals surface area contributed by atoms with Gasteiger partial charge in [0.25, 0.3) is 5.56 Å². The Hall–Kier alpha value is -1.24. The van der Waals surface area contributed by atoms with Crippen molar-refractivity contribution in [3.63, 3.8) is 0 Å². The molecule has 2 rings (SSSR count). The summed E-state index contributed by atoms with van der Waals surface area (Å²) in [5.41, 5.74) is 5.29. The smallest absolute Gasteiger partial charge is 0.258 e. The molecule has 0 fully saturated rings. The predicted molar refractivity (Wildman–Crippen MR) is 80.1 cm³/mol. The zero-order valence-corrected chi connectivity index (χ0v) is 12.6. The quantitative estimate of drug-likeness (QED) is 0.892. The van der Waals surface area contributed by atoms with Crippen molar-refractivity contribution in [2.75, 3.05) is 0 Å². The molecule has 3 N–H and O–H groups in total. The molecule has 0 spiro atoms. The van der Waals surface area contributed by atoms with Gasteiger partial charge in [-0.1, -0.05) is 0 Å². The first-order valence-electron chi connectivity index (χ1n) is 6.30. The normalized spacial score (nSPS) is 14.4. The fourth-order valence-electron chi connectivity index (χ4n) is 2.15. The number of aliphatic hydroxyl groups excluding tert-OH is 1. The van der Waals surface area contributed by atoms with Crippen LogP contribution in [0.3, 0.4) is 0 Å². The lowest BCUT2D eigenvalue weighted by Gasteiger charge is -2.15. The lowest BCUT2D eigenvalue weighted by Crippen LogP contribution is -2.30. The minimum Gasteiger partial charge on any atom is -0.391 e. The number of benzene rings is 1. The standard InChI is InChI=1S/C14H16BrFN2O2/c1-8(17)4-10(19)7-18-3-2-9-5-12(15)13(16)6-11(9)14(18)20/h2-3,5-6,8,10,19H,4,7,17H2,1H3/t8-,10?/m0/s1. The molecule has 2 aromatic rings. The largest absolute Gasteiger partial charge is 0.391 e. The van der Waals surface area contributed by atoms with Gasteiger partial charge < -0.3 is 15.4 Å². The van der Waals surface area contributed by atoms with Crippen molar-refractivity contribution in [1.29, 1.82) is 0 Å². The molecule has 1 aromatic heterocycles. The summed E-state index contributed by atoms with van der Waals surface area (Å²) in [7, 11) is 0. The van der Waals surface area contributed by atoms with Crippen molar-refractivity contribution in [2.45, 2.75) is 32.0 Å². The maximum Gasteiger partial charge on any atom is 0.258 e. The molecule has 4 nitrogen and oxygen atoms in total. The average molecular weight is 343 g/mol. The highest BCUT2D eigenvalue weighted by Crippen LogP contribution is 2.21. The van der Waals surface area contributed by atoms with Gasteiger partial charge in [-0.3, -0.25) is 4.79 Å². The zero-order valence-electron chi connectivity index (χ0n) is 11.0. The lowest BCUT2D eigenvalue weighted by atomic mass is 10.1. The number of pyridine rings is 1. The summed E-state index contributed by atoms with van der Waals surface area (Å²) in [6.45, 7) is 1.94. The third kappa shape index (κ3) is 3.26. The van der Waals surface area contributed by atoms with Crippen LogP contribution in [0.4, 0.5) is 4.39 Å². The number of rotatable bonds is 4. The minimum absolute atomic E-state index is 0.144. The Labute approximate surface area is 124 Å². The van der Waals surface area contributed by atoms with E-state index >= 15 is 0 Å². The average Bonchev–Trinajstić information content (AvgIpc) is 2.34. The zero-order chi connectivity index (χ0) is 14.9. The van der Waals surface area contributed by atoms with Crippen LogP contribution in [-0.2, 0) is 6.54 Å². The van der Waals surface area contributed by atoms with Crippen molar-refractivity contribution in [1.82, 2.24) is 4.57 Å². The molecule has 2 atom stereocenters. The molecule has 0 aliphatic heterocycles. The summed E-state index contributed by atoms with van der Waals surface area (Å²) in [6.07, 6.45) is 1.30. The van der Waals surface area contributed by atoms with Crippen molar-refractivity contribution in [3.8, 4) is 0 Å². The maximum absolute atomic E-state index is 13.5. The molecule has 108 valence electrons. The molecule has 1 unspecified atom stereocenters. The van der Waals surface area contributed by atoms with E-state index in [9.17, 15) is 14.3 Å². The van der Waals surface area contributed by atoms with E-state index in [1.54, 1.807) is 25.3 Å². The molecule has 0 saturated heterocycles. The molecule has 6 heteroatoms. The molecule has 0 aliphatic rings. The summed E-state index contributed by atoms with van der Waals surface area (Å²) in [5.74, 6) is -0.483. The number of hydrogen-bond donors (Lipinski definition) is 2. The van der Waals surface area contributed by atoms with Gasteiger partial charge in [0.15, 0.2) is 0 Å². The van der Waals surface area contributed by atoms with Gasteiger partial charge in [-0.2, -0.15) is 0 Å². The molecular formula is C14H16BrFN2O2. The second kappa shape index (κ2) is 6.03. The molecule has 20 heavy (non-hydrogen) atoms. The van der Waals surface area contributed by atoms with Crippen LogP contribution >= 0.6 is 15.9 Å². The molecule has 0 saturated carbocycles. The van der Waals surface area contributed by atoms with Gasteiger partial charge in [-0.05, 0) is 52.9 Å². The topological polar surface area (TPSA) is 68.2 Å². The van der Waals surface area contributed by atoms with E-state index in [4.69, 9.17) is 5.73 Å². The van der Waals surface area contributed by atoms with Gasteiger partial charge >= 0.3 is 0 Å². The van der Waals surface area contributed by atoms with Gasteiger partial charge in [0.2, 0.25) is 0 Å². The van der Waals surface area contributed by atoms with Gasteiger partial charge in [-0.25, -0.2) is 4.39 Å². The Morgan fingerprint density at radius 3 is 2.85 bits per heavy atom. The third-order valence-corrected chi connectivity index (χ3v) is 3.68. The van der Waals surface area contributed by atoms with Crippen LogP contribution in [0.25, 0.3) is 10.8 Å². The first-order chi connectivity index (χ1) is 9.38. The van der Waals surface area contributed by atoms with Gasteiger partial charge in [0, 0.05) is 12.2 Å². The fraction of sp³-hybridized carbons (Fsp3) is 0.357. The fourth-order valence-corrected chi connectivity index (χ4v) is 2.51. The molecule has 1 aromatic carbocycles. The first kappa shape index (κ1) is 15.2. The molecule has 0 amide bonds. The maximum atomic E-state index is 13.5. The number of aromatic nitrogens is 1. The van der Waals surface area contributed by atoms with E-state index < -0.39 is 11.9 Å². The van der Waals surface area contributed by atoms with E-state index in [0.29, 0.717) is 21.7 Å². The Bertz CT molecular complexity index is 685. The highest BCUT2D eigenvalue weighted by molar-refractivity contribution is 9.10. The minimum atomic E-state index is -0.703. The van der Waals surface area contributed by atoms with Gasteiger partial charge in [0.1, 0.15) is 5.82 Å². The van der Waals surface area contributed by atoms with Crippen LogP contribution in [0.5, 0.6) is 0 Å². The van der Waals surface area contributed by atoms with Gasteiger partial charge in [-0.15, -0.1) is 0 Å². The van der Waals surface area contributed by atoms with Crippen LogP contribution < -0.4 is 11.3 Å². The number of halogens is 2. The van der Waals surface area contributed by atoms with Crippen molar-refractivity contribution in [2.24, 2.45) is 5.73 Å². The predicted octanol–water partition coefficient (Wildman–Crippen LogP) is 2.00. The lowest BCUT2D eigenvalue weighted by molar-refractivity contribution is 0.137. The van der Waals surface area contributed by atoms with Gasteiger partial charge in [0.05, 0.1) is 22.5 Å².